The van der Waals surface area contributed by atoms with Crippen LogP contribution in [0.5, 0.6) is 0 Å². The van der Waals surface area contributed by atoms with E-state index in [1.165, 1.54) is 15.8 Å². The number of primary amides is 1. The monoisotopic (exact) mass is 524 g/mol. The van der Waals surface area contributed by atoms with Crippen LogP contribution >= 0.6 is 0 Å². The third-order valence-corrected chi connectivity index (χ3v) is 7.11. The number of amides is 4. The molecule has 1 aromatic heterocycles. The van der Waals surface area contributed by atoms with Crippen LogP contribution in [0.25, 0.3) is 0 Å². The van der Waals surface area contributed by atoms with Gasteiger partial charge in [0.1, 0.15) is 17.7 Å². The second kappa shape index (κ2) is 11.0. The van der Waals surface area contributed by atoms with E-state index in [4.69, 9.17) is 16.6 Å². The predicted octanol–water partition coefficient (Wildman–Crippen LogP) is -2.09. The second-order valence-corrected chi connectivity index (χ2v) is 10.3. The molecule has 1 saturated carbocycles. The number of carboxylic acid groups (broad SMARTS) is 1. The molecule has 1 saturated heterocycles. The maximum Gasteiger partial charge on any atom is 0.404 e. The molecular formula is C22H36N8O7. The van der Waals surface area contributed by atoms with Crippen LogP contribution in [-0.4, -0.2) is 95.8 Å². The van der Waals surface area contributed by atoms with Gasteiger partial charge in [0.05, 0.1) is 23.5 Å². The minimum Gasteiger partial charge on any atom is -0.465 e. The Bertz CT molecular complexity index is 1020. The van der Waals surface area contributed by atoms with Gasteiger partial charge < -0.3 is 42.3 Å². The van der Waals surface area contributed by atoms with Gasteiger partial charge in [-0.3, -0.25) is 14.4 Å². The van der Waals surface area contributed by atoms with Crippen molar-refractivity contribution in [2.45, 2.75) is 87.7 Å². The van der Waals surface area contributed by atoms with E-state index in [1.54, 1.807) is 13.8 Å². The van der Waals surface area contributed by atoms with Crippen LogP contribution < -0.4 is 22.1 Å². The lowest BCUT2D eigenvalue weighted by molar-refractivity contribution is -0.143. The first-order valence-corrected chi connectivity index (χ1v) is 12.2. The molecule has 15 nitrogen and oxygen atoms in total. The van der Waals surface area contributed by atoms with Gasteiger partial charge in [-0.25, -0.2) is 9.48 Å². The summed E-state index contributed by atoms with van der Waals surface area (Å²) in [4.78, 5) is 50.9. The quantitative estimate of drug-likeness (QED) is 0.186. The van der Waals surface area contributed by atoms with Crippen molar-refractivity contribution >= 4 is 23.8 Å². The fourth-order valence-electron chi connectivity index (χ4n) is 5.18. The maximum absolute atomic E-state index is 13.6. The third kappa shape index (κ3) is 6.17. The number of likely N-dealkylation sites (tertiary alicyclic amines) is 1. The summed E-state index contributed by atoms with van der Waals surface area (Å²) in [6.45, 7) is 2.72. The summed E-state index contributed by atoms with van der Waals surface area (Å²) < 4.78 is 1.45. The van der Waals surface area contributed by atoms with Gasteiger partial charge in [0.2, 0.25) is 17.7 Å². The van der Waals surface area contributed by atoms with E-state index in [-0.39, 0.29) is 19.5 Å². The van der Waals surface area contributed by atoms with Gasteiger partial charge in [-0.05, 0) is 26.7 Å². The van der Waals surface area contributed by atoms with Crippen molar-refractivity contribution in [2.24, 2.45) is 11.5 Å². The van der Waals surface area contributed by atoms with Crippen LogP contribution in [0.4, 0.5) is 4.79 Å². The van der Waals surface area contributed by atoms with E-state index >= 15 is 0 Å². The molecule has 1 aromatic rings. The van der Waals surface area contributed by atoms with E-state index in [2.05, 4.69) is 20.9 Å². The predicted molar refractivity (Wildman–Crippen MR) is 128 cm³/mol. The molecule has 0 bridgehead atoms. The lowest BCUT2D eigenvalue weighted by Gasteiger charge is -2.41. The molecule has 1 aliphatic heterocycles. The third-order valence-electron chi connectivity index (χ3n) is 7.11. The van der Waals surface area contributed by atoms with E-state index in [1.807, 2.05) is 0 Å². The Morgan fingerprint density at radius 3 is 2.46 bits per heavy atom. The minimum atomic E-state index is -1.61. The number of rotatable bonds is 9. The van der Waals surface area contributed by atoms with Gasteiger partial charge in [-0.2, -0.15) is 0 Å². The lowest BCUT2D eigenvalue weighted by Crippen LogP contribution is -2.64. The Hall–Kier alpha value is -3.30. The highest BCUT2D eigenvalue weighted by Gasteiger charge is 2.48. The Labute approximate surface area is 213 Å². The van der Waals surface area contributed by atoms with Crippen LogP contribution in [0, 0.1) is 0 Å². The van der Waals surface area contributed by atoms with E-state index in [9.17, 15) is 29.4 Å². The summed E-state index contributed by atoms with van der Waals surface area (Å²) in [6, 6.07) is -2.91. The smallest absolute Gasteiger partial charge is 0.404 e. The number of nitrogens with one attached hydrogen (secondary N) is 2. The highest BCUT2D eigenvalue weighted by atomic mass is 16.4. The van der Waals surface area contributed by atoms with Gasteiger partial charge >= 0.3 is 6.09 Å². The van der Waals surface area contributed by atoms with Crippen molar-refractivity contribution in [3.63, 3.8) is 0 Å². The number of carbonyl (C=O) groups excluding carboxylic acids is 3. The summed E-state index contributed by atoms with van der Waals surface area (Å²) in [7, 11) is 0. The fraction of sp³-hybridized carbons (Fsp3) is 0.727. The molecule has 0 radical (unpaired) electrons. The van der Waals surface area contributed by atoms with E-state index in [0.717, 1.165) is 6.42 Å². The average Bonchev–Trinajstić information content (AvgIpc) is 3.49. The zero-order valence-corrected chi connectivity index (χ0v) is 21.0. The molecule has 206 valence electrons. The topological polar surface area (TPSA) is 239 Å². The van der Waals surface area contributed by atoms with Crippen LogP contribution in [0.1, 0.15) is 64.1 Å². The van der Waals surface area contributed by atoms with Gasteiger partial charge in [0, 0.05) is 19.5 Å². The number of carbonyl (C=O) groups is 4. The van der Waals surface area contributed by atoms with Gasteiger partial charge in [-0.1, -0.05) is 24.5 Å². The first kappa shape index (κ1) is 28.3. The van der Waals surface area contributed by atoms with Crippen LogP contribution in [0.2, 0.25) is 0 Å². The van der Waals surface area contributed by atoms with Crippen molar-refractivity contribution in [1.82, 2.24) is 30.5 Å². The van der Waals surface area contributed by atoms with Crippen LogP contribution in [-0.2, 0) is 20.0 Å². The minimum absolute atomic E-state index is 0.0183. The summed E-state index contributed by atoms with van der Waals surface area (Å²) >= 11 is 0. The van der Waals surface area contributed by atoms with E-state index < -0.39 is 59.2 Å². The van der Waals surface area contributed by atoms with Crippen molar-refractivity contribution in [3.8, 4) is 0 Å². The summed E-state index contributed by atoms with van der Waals surface area (Å²) in [5, 5.41) is 42.8. The summed E-state index contributed by atoms with van der Waals surface area (Å²) in [5.41, 5.74) is 9.12. The Kier molecular flexibility index (Phi) is 8.39. The van der Waals surface area contributed by atoms with Crippen molar-refractivity contribution in [1.29, 1.82) is 0 Å². The van der Waals surface area contributed by atoms with Gasteiger partial charge in [0.15, 0.2) is 6.10 Å². The molecule has 37 heavy (non-hydrogen) atoms. The molecule has 3 rings (SSSR count). The molecule has 0 spiro atoms. The SMILES string of the molecule is CC(C)(O)c1cnnn1[C@H]1C[C@@H](C(=O)NC2(C(O)C(N)=O)CCCCC2)N(C(=O)[C@H](N)CNC(=O)O)C1. The number of nitrogens with zero attached hydrogens (tertiary/aromatic N) is 4. The molecule has 2 aliphatic rings. The molecule has 9 N–H and O–H groups in total. The van der Waals surface area contributed by atoms with Crippen LogP contribution in [0.15, 0.2) is 6.20 Å². The molecule has 15 heteroatoms. The van der Waals surface area contributed by atoms with Crippen molar-refractivity contribution < 1.29 is 34.5 Å². The Morgan fingerprint density at radius 2 is 1.89 bits per heavy atom. The number of aliphatic hydroxyl groups is 2. The lowest BCUT2D eigenvalue weighted by atomic mass is 9.77. The number of aliphatic hydroxyl groups excluding tert-OH is 1. The first-order chi connectivity index (χ1) is 17.3. The molecule has 2 heterocycles. The van der Waals surface area contributed by atoms with Gasteiger partial charge in [0.25, 0.3) is 0 Å². The summed E-state index contributed by atoms with van der Waals surface area (Å²) in [6.07, 6.45) is 1.37. The highest BCUT2D eigenvalue weighted by Crippen LogP contribution is 2.34. The average molecular weight is 525 g/mol. The maximum atomic E-state index is 13.6. The summed E-state index contributed by atoms with van der Waals surface area (Å²) in [5.74, 6) is -2.24. The number of hydrogen-bond donors (Lipinski definition) is 7. The fourth-order valence-corrected chi connectivity index (χ4v) is 5.18. The molecule has 1 aliphatic carbocycles. The Morgan fingerprint density at radius 1 is 1.24 bits per heavy atom. The number of aromatic nitrogens is 3. The molecule has 4 amide bonds. The van der Waals surface area contributed by atoms with Gasteiger partial charge in [-0.15, -0.1) is 5.10 Å². The molecule has 1 unspecified atom stereocenters. The Balaban J connectivity index is 1.91. The molecule has 0 aromatic carbocycles. The first-order valence-electron chi connectivity index (χ1n) is 12.2. The standard InChI is InChI=1S/C22H36N8O7/c1-21(2,37)15-10-26-28-30(15)12-8-14(29(11-12)19(34)13(23)9-25-20(35)36)18(33)27-22(16(31)17(24)32)6-4-3-5-7-22/h10,12-14,16,25,31,37H,3-9,11,23H2,1-2H3,(H2,24,32)(H,27,33)(H,35,36)/t12-,13+,14-,16?/m0/s1. The van der Waals surface area contributed by atoms with Crippen molar-refractivity contribution in [3.05, 3.63) is 11.9 Å². The molecular weight excluding hydrogens is 488 g/mol. The number of hydrogen-bond acceptors (Lipinski definition) is 9. The largest absolute Gasteiger partial charge is 0.465 e. The zero-order chi connectivity index (χ0) is 27.5. The normalized spacial score (nSPS) is 23.2. The number of nitrogens with two attached hydrogens (primary N) is 2. The van der Waals surface area contributed by atoms with E-state index in [0.29, 0.717) is 31.4 Å². The van der Waals surface area contributed by atoms with Crippen molar-refractivity contribution in [2.75, 3.05) is 13.1 Å². The molecule has 4 atom stereocenters. The second-order valence-electron chi connectivity index (χ2n) is 10.3. The highest BCUT2D eigenvalue weighted by molar-refractivity contribution is 5.92. The van der Waals surface area contributed by atoms with Crippen LogP contribution in [0.3, 0.4) is 0 Å². The molecule has 2 fully saturated rings. The zero-order valence-electron chi connectivity index (χ0n) is 21.0.